The largest absolute Gasteiger partial charge is 0.488 e. The predicted octanol–water partition coefficient (Wildman–Crippen LogP) is -0.126. The maximum Gasteiger partial charge on any atom is 0.240 e. The fourth-order valence-corrected chi connectivity index (χ4v) is 3.02. The van der Waals surface area contributed by atoms with Crippen molar-refractivity contribution in [2.45, 2.75) is 17.4 Å². The maximum atomic E-state index is 12.0. The number of nitrogens with one attached hydrogen (secondary N) is 1. The lowest BCUT2D eigenvalue weighted by Crippen LogP contribution is -2.27. The van der Waals surface area contributed by atoms with Crippen molar-refractivity contribution >= 4 is 10.0 Å². The molecule has 106 valence electrons. The quantitative estimate of drug-likeness (QED) is 0.711. The summed E-state index contributed by atoms with van der Waals surface area (Å²) in [6.07, 6.45) is 0.585. The van der Waals surface area contributed by atoms with Crippen LogP contribution >= 0.6 is 0 Å². The van der Waals surface area contributed by atoms with E-state index in [-0.39, 0.29) is 17.5 Å². The Labute approximate surface area is 112 Å². The van der Waals surface area contributed by atoms with Gasteiger partial charge in [-0.15, -0.1) is 0 Å². The SMILES string of the molecule is COCCNS(=O)(=O)c1ccc2c(c1)CC(CN)O2. The lowest BCUT2D eigenvalue weighted by Gasteiger charge is -2.07. The molecule has 6 nitrogen and oxygen atoms in total. The van der Waals surface area contributed by atoms with E-state index in [1.54, 1.807) is 12.1 Å². The fourth-order valence-electron chi connectivity index (χ4n) is 1.96. The number of rotatable bonds is 6. The molecule has 0 fully saturated rings. The van der Waals surface area contributed by atoms with Crippen LogP contribution in [0.15, 0.2) is 23.1 Å². The maximum absolute atomic E-state index is 12.0. The summed E-state index contributed by atoms with van der Waals surface area (Å²) in [5.41, 5.74) is 6.43. The van der Waals surface area contributed by atoms with Crippen LogP contribution in [0.2, 0.25) is 0 Å². The molecule has 0 aliphatic carbocycles. The topological polar surface area (TPSA) is 90.7 Å². The van der Waals surface area contributed by atoms with Crippen LogP contribution in [0.25, 0.3) is 0 Å². The zero-order chi connectivity index (χ0) is 13.9. The van der Waals surface area contributed by atoms with E-state index in [9.17, 15) is 8.42 Å². The molecule has 0 bridgehead atoms. The van der Waals surface area contributed by atoms with Crippen molar-refractivity contribution in [3.8, 4) is 5.75 Å². The molecule has 2 rings (SSSR count). The van der Waals surface area contributed by atoms with E-state index in [0.29, 0.717) is 25.3 Å². The molecule has 1 atom stereocenters. The van der Waals surface area contributed by atoms with Crippen molar-refractivity contribution in [2.75, 3.05) is 26.8 Å². The highest BCUT2D eigenvalue weighted by Crippen LogP contribution is 2.30. The third-order valence-electron chi connectivity index (χ3n) is 2.94. The number of methoxy groups -OCH3 is 1. The van der Waals surface area contributed by atoms with E-state index < -0.39 is 10.0 Å². The zero-order valence-electron chi connectivity index (χ0n) is 10.8. The van der Waals surface area contributed by atoms with Crippen molar-refractivity contribution in [1.29, 1.82) is 0 Å². The van der Waals surface area contributed by atoms with Gasteiger partial charge in [-0.1, -0.05) is 0 Å². The molecular weight excluding hydrogens is 268 g/mol. The Morgan fingerprint density at radius 1 is 1.53 bits per heavy atom. The van der Waals surface area contributed by atoms with Crippen molar-refractivity contribution in [3.63, 3.8) is 0 Å². The van der Waals surface area contributed by atoms with E-state index in [4.69, 9.17) is 15.2 Å². The second-order valence-electron chi connectivity index (χ2n) is 4.34. The summed E-state index contributed by atoms with van der Waals surface area (Å²) < 4.78 is 36.9. The molecule has 3 N–H and O–H groups in total. The minimum atomic E-state index is -3.50. The highest BCUT2D eigenvalue weighted by molar-refractivity contribution is 7.89. The second kappa shape index (κ2) is 5.87. The van der Waals surface area contributed by atoms with Crippen LogP contribution < -0.4 is 15.2 Å². The number of benzene rings is 1. The van der Waals surface area contributed by atoms with Crippen molar-refractivity contribution in [2.24, 2.45) is 5.73 Å². The molecule has 0 saturated carbocycles. The van der Waals surface area contributed by atoms with Crippen molar-refractivity contribution < 1.29 is 17.9 Å². The minimum Gasteiger partial charge on any atom is -0.488 e. The normalized spacial score (nSPS) is 18.1. The van der Waals surface area contributed by atoms with Crippen LogP contribution in [0.5, 0.6) is 5.75 Å². The molecule has 1 aromatic rings. The lowest BCUT2D eigenvalue weighted by atomic mass is 10.1. The average molecular weight is 286 g/mol. The highest BCUT2D eigenvalue weighted by atomic mass is 32.2. The number of hydrogen-bond acceptors (Lipinski definition) is 5. The summed E-state index contributed by atoms with van der Waals surface area (Å²) in [6, 6.07) is 4.85. The Morgan fingerprint density at radius 2 is 2.32 bits per heavy atom. The van der Waals surface area contributed by atoms with Crippen LogP contribution in [-0.4, -0.2) is 41.3 Å². The monoisotopic (exact) mass is 286 g/mol. The molecule has 19 heavy (non-hydrogen) atoms. The number of hydrogen-bond donors (Lipinski definition) is 2. The molecule has 0 saturated heterocycles. The summed E-state index contributed by atoms with van der Waals surface area (Å²) in [4.78, 5) is 0.239. The first kappa shape index (κ1) is 14.3. The van der Waals surface area contributed by atoms with Gasteiger partial charge in [0.05, 0.1) is 11.5 Å². The predicted molar refractivity (Wildman–Crippen MR) is 70.7 cm³/mol. The van der Waals surface area contributed by atoms with Crippen LogP contribution in [-0.2, 0) is 21.2 Å². The average Bonchev–Trinajstić information content (AvgIpc) is 2.80. The van der Waals surface area contributed by atoms with Gasteiger partial charge in [0.15, 0.2) is 0 Å². The van der Waals surface area contributed by atoms with Gasteiger partial charge in [0.2, 0.25) is 10.0 Å². The standard InChI is InChI=1S/C12H18N2O4S/c1-17-5-4-14-19(15,16)11-2-3-12-9(7-11)6-10(8-13)18-12/h2-3,7,10,14H,4-6,8,13H2,1H3. The number of nitrogens with two attached hydrogens (primary N) is 1. The molecular formula is C12H18N2O4S. The van der Waals surface area contributed by atoms with Crippen LogP contribution in [0.1, 0.15) is 5.56 Å². The van der Waals surface area contributed by atoms with Gasteiger partial charge in [0, 0.05) is 26.6 Å². The number of sulfonamides is 1. The molecule has 1 unspecified atom stereocenters. The van der Waals surface area contributed by atoms with E-state index >= 15 is 0 Å². The smallest absolute Gasteiger partial charge is 0.240 e. The van der Waals surface area contributed by atoms with E-state index in [0.717, 1.165) is 5.56 Å². The van der Waals surface area contributed by atoms with Crippen LogP contribution in [0.4, 0.5) is 0 Å². The Bertz CT molecular complexity index is 545. The van der Waals surface area contributed by atoms with Crippen LogP contribution in [0.3, 0.4) is 0 Å². The Balaban J connectivity index is 2.15. The highest BCUT2D eigenvalue weighted by Gasteiger charge is 2.24. The molecule has 1 aliphatic rings. The van der Waals surface area contributed by atoms with Gasteiger partial charge in [0.25, 0.3) is 0 Å². The van der Waals surface area contributed by atoms with Gasteiger partial charge in [-0.25, -0.2) is 13.1 Å². The van der Waals surface area contributed by atoms with Gasteiger partial charge in [-0.05, 0) is 23.8 Å². The van der Waals surface area contributed by atoms with Gasteiger partial charge >= 0.3 is 0 Å². The first-order valence-electron chi connectivity index (χ1n) is 6.05. The van der Waals surface area contributed by atoms with Gasteiger partial charge in [-0.3, -0.25) is 0 Å². The molecule has 0 amide bonds. The minimum absolute atomic E-state index is 0.0607. The molecule has 1 aromatic carbocycles. The number of fused-ring (bicyclic) bond motifs is 1. The summed E-state index contributed by atoms with van der Waals surface area (Å²) in [7, 11) is -1.97. The third-order valence-corrected chi connectivity index (χ3v) is 4.40. The Morgan fingerprint density at radius 3 is 3.00 bits per heavy atom. The van der Waals surface area contributed by atoms with Crippen molar-refractivity contribution in [3.05, 3.63) is 23.8 Å². The Hall–Kier alpha value is -1.15. The fraction of sp³-hybridized carbons (Fsp3) is 0.500. The van der Waals surface area contributed by atoms with Gasteiger partial charge < -0.3 is 15.2 Å². The molecule has 1 heterocycles. The lowest BCUT2D eigenvalue weighted by molar-refractivity contribution is 0.204. The van der Waals surface area contributed by atoms with E-state index in [1.165, 1.54) is 13.2 Å². The molecule has 0 aromatic heterocycles. The van der Waals surface area contributed by atoms with Gasteiger partial charge in [0.1, 0.15) is 11.9 Å². The number of ether oxygens (including phenoxy) is 2. The second-order valence-corrected chi connectivity index (χ2v) is 6.11. The molecule has 0 spiro atoms. The molecule has 1 aliphatic heterocycles. The summed E-state index contributed by atoms with van der Waals surface area (Å²) >= 11 is 0. The summed E-state index contributed by atoms with van der Waals surface area (Å²) in [6.45, 7) is 1.00. The van der Waals surface area contributed by atoms with E-state index in [1.807, 2.05) is 0 Å². The molecule has 7 heteroatoms. The zero-order valence-corrected chi connectivity index (χ0v) is 11.6. The van der Waals surface area contributed by atoms with Gasteiger partial charge in [-0.2, -0.15) is 0 Å². The summed E-state index contributed by atoms with van der Waals surface area (Å²) in [5.74, 6) is 0.714. The van der Waals surface area contributed by atoms with Crippen molar-refractivity contribution in [1.82, 2.24) is 4.72 Å². The first-order valence-corrected chi connectivity index (χ1v) is 7.53. The third kappa shape index (κ3) is 3.24. The summed E-state index contributed by atoms with van der Waals surface area (Å²) in [5, 5.41) is 0. The Kier molecular flexibility index (Phi) is 4.41. The van der Waals surface area contributed by atoms with Crippen LogP contribution in [0, 0.1) is 0 Å². The molecule has 0 radical (unpaired) electrons. The van der Waals surface area contributed by atoms with E-state index in [2.05, 4.69) is 4.72 Å². The first-order chi connectivity index (χ1) is 9.06.